The average molecular weight is 494 g/mol. The average Bonchev–Trinajstić information content (AvgIpc) is 3.10. The van der Waals surface area contributed by atoms with E-state index in [1.807, 2.05) is 11.3 Å². The Morgan fingerprint density at radius 1 is 1.23 bits per heavy atom. The minimum atomic E-state index is 0. The quantitative estimate of drug-likeness (QED) is 0.332. The lowest BCUT2D eigenvalue weighted by Gasteiger charge is -2.36. The van der Waals surface area contributed by atoms with Gasteiger partial charge in [0, 0.05) is 56.7 Å². The monoisotopic (exact) mass is 493 g/mol. The first-order chi connectivity index (χ1) is 12.1. The Balaban J connectivity index is 0.00000338. The predicted octanol–water partition coefficient (Wildman–Crippen LogP) is 2.74. The number of hydrogen-bond donors (Lipinski definition) is 2. The van der Waals surface area contributed by atoms with Crippen molar-refractivity contribution in [3.63, 3.8) is 0 Å². The number of nitrogens with zero attached hydrogens (tertiary/aromatic N) is 3. The number of halogens is 1. The Morgan fingerprint density at radius 3 is 2.58 bits per heavy atom. The molecule has 2 rings (SSSR count). The predicted molar refractivity (Wildman–Crippen MR) is 125 cm³/mol. The highest BCUT2D eigenvalue weighted by Gasteiger charge is 2.19. The Kier molecular flexibility index (Phi) is 11.7. The van der Waals surface area contributed by atoms with Crippen LogP contribution >= 0.6 is 35.3 Å². The van der Waals surface area contributed by atoms with Gasteiger partial charge in [0.05, 0.1) is 0 Å². The normalized spacial score (nSPS) is 18.8. The van der Waals surface area contributed by atoms with Crippen LogP contribution in [0.5, 0.6) is 0 Å². The summed E-state index contributed by atoms with van der Waals surface area (Å²) in [6.07, 6.45) is 1.11. The second-order valence-electron chi connectivity index (χ2n) is 7.18. The van der Waals surface area contributed by atoms with Crippen LogP contribution in [0.15, 0.2) is 22.5 Å². The largest absolute Gasteiger partial charge is 0.357 e. The molecule has 0 spiro atoms. The van der Waals surface area contributed by atoms with Gasteiger partial charge in [0.2, 0.25) is 0 Å². The maximum Gasteiger partial charge on any atom is 0.191 e. The van der Waals surface area contributed by atoms with Crippen molar-refractivity contribution in [2.75, 3.05) is 52.9 Å². The van der Waals surface area contributed by atoms with E-state index in [-0.39, 0.29) is 24.0 Å². The lowest BCUT2D eigenvalue weighted by Crippen LogP contribution is -2.52. The topological polar surface area (TPSA) is 42.9 Å². The van der Waals surface area contributed by atoms with Gasteiger partial charge in [-0.05, 0) is 44.7 Å². The first-order valence-corrected chi connectivity index (χ1v) is 10.4. The molecule has 2 heterocycles. The molecule has 5 nitrogen and oxygen atoms in total. The van der Waals surface area contributed by atoms with E-state index in [1.54, 1.807) is 0 Å². The molecule has 1 aromatic heterocycles. The summed E-state index contributed by atoms with van der Waals surface area (Å²) >= 11 is 1.84. The third-order valence-corrected chi connectivity index (χ3v) is 5.66. The van der Waals surface area contributed by atoms with E-state index in [0.717, 1.165) is 45.1 Å². The van der Waals surface area contributed by atoms with Gasteiger partial charge in [-0.1, -0.05) is 13.0 Å². The second-order valence-corrected chi connectivity index (χ2v) is 8.21. The summed E-state index contributed by atoms with van der Waals surface area (Å²) < 4.78 is 0. The highest BCUT2D eigenvalue weighted by atomic mass is 127. The van der Waals surface area contributed by atoms with Gasteiger partial charge in [-0.25, -0.2) is 0 Å². The van der Waals surface area contributed by atoms with Gasteiger partial charge in [0.15, 0.2) is 5.96 Å². The zero-order valence-corrected chi connectivity index (χ0v) is 19.8. The smallest absolute Gasteiger partial charge is 0.191 e. The first-order valence-electron chi connectivity index (χ1n) is 9.55. The Labute approximate surface area is 180 Å². The van der Waals surface area contributed by atoms with Crippen LogP contribution in [0.4, 0.5) is 0 Å². The number of thiophene rings is 1. The van der Waals surface area contributed by atoms with Crippen molar-refractivity contribution in [2.45, 2.75) is 33.2 Å². The van der Waals surface area contributed by atoms with Crippen molar-refractivity contribution < 1.29 is 0 Å². The molecule has 1 aliphatic rings. The number of piperazine rings is 1. The summed E-state index contributed by atoms with van der Waals surface area (Å²) in [6, 6.07) is 4.87. The number of guanidine groups is 1. The molecule has 1 saturated heterocycles. The Hall–Kier alpha value is -0.380. The molecule has 2 N–H and O–H groups in total. The van der Waals surface area contributed by atoms with Gasteiger partial charge < -0.3 is 15.5 Å². The highest BCUT2D eigenvalue weighted by molar-refractivity contribution is 14.0. The van der Waals surface area contributed by atoms with Crippen LogP contribution in [0, 0.1) is 5.92 Å². The van der Waals surface area contributed by atoms with Crippen molar-refractivity contribution in [2.24, 2.45) is 10.9 Å². The summed E-state index contributed by atoms with van der Waals surface area (Å²) in [6.45, 7) is 14.0. The number of aliphatic imine (C=N–C) groups is 1. The lowest BCUT2D eigenvalue weighted by atomic mass is 10.1. The van der Waals surface area contributed by atoms with Crippen LogP contribution in [0.3, 0.4) is 0 Å². The van der Waals surface area contributed by atoms with Crippen LogP contribution in [0.25, 0.3) is 0 Å². The minimum absolute atomic E-state index is 0. The van der Waals surface area contributed by atoms with Gasteiger partial charge in [0.1, 0.15) is 0 Å². The summed E-state index contributed by atoms with van der Waals surface area (Å²) in [7, 11) is 2.20. The maximum absolute atomic E-state index is 4.80. The van der Waals surface area contributed by atoms with Crippen molar-refractivity contribution in [1.29, 1.82) is 0 Å². The van der Waals surface area contributed by atoms with Crippen molar-refractivity contribution in [3.05, 3.63) is 22.4 Å². The van der Waals surface area contributed by atoms with Gasteiger partial charge in [-0.3, -0.25) is 9.89 Å². The molecule has 2 atom stereocenters. The van der Waals surface area contributed by atoms with Crippen LogP contribution < -0.4 is 10.6 Å². The van der Waals surface area contributed by atoms with Crippen molar-refractivity contribution in [1.82, 2.24) is 20.4 Å². The molecule has 2 unspecified atom stereocenters. The second kappa shape index (κ2) is 12.9. The van der Waals surface area contributed by atoms with E-state index >= 15 is 0 Å². The number of likely N-dealkylation sites (N-methyl/N-ethyl adjacent to an activating group) is 1. The number of hydrogen-bond acceptors (Lipinski definition) is 4. The summed E-state index contributed by atoms with van der Waals surface area (Å²) in [4.78, 5) is 11.2. The van der Waals surface area contributed by atoms with E-state index in [4.69, 9.17) is 4.99 Å². The highest BCUT2D eigenvalue weighted by Crippen LogP contribution is 2.14. The van der Waals surface area contributed by atoms with E-state index in [1.165, 1.54) is 18.0 Å². The maximum atomic E-state index is 4.80. The first kappa shape index (κ1) is 23.7. The SMILES string of the molecule is CCNC(=NCC(C)Cc1cccs1)NCC(C)N1CCN(C)CC1.I. The van der Waals surface area contributed by atoms with Gasteiger partial charge >= 0.3 is 0 Å². The summed E-state index contributed by atoms with van der Waals surface area (Å²) in [5.41, 5.74) is 0. The zero-order valence-electron chi connectivity index (χ0n) is 16.7. The van der Waals surface area contributed by atoms with Crippen LogP contribution in [-0.2, 0) is 6.42 Å². The molecule has 0 aliphatic carbocycles. The summed E-state index contributed by atoms with van der Waals surface area (Å²) in [5, 5.41) is 9.06. The minimum Gasteiger partial charge on any atom is -0.357 e. The van der Waals surface area contributed by atoms with Gasteiger partial charge in [-0.2, -0.15) is 0 Å². The van der Waals surface area contributed by atoms with Crippen LogP contribution in [0.1, 0.15) is 25.6 Å². The molecular formula is C19H36IN5S. The third-order valence-electron chi connectivity index (χ3n) is 4.76. The fraction of sp³-hybridized carbons (Fsp3) is 0.737. The van der Waals surface area contributed by atoms with Crippen molar-refractivity contribution in [3.8, 4) is 0 Å². The molecule has 1 aliphatic heterocycles. The fourth-order valence-electron chi connectivity index (χ4n) is 3.06. The lowest BCUT2D eigenvalue weighted by molar-refractivity contribution is 0.120. The van der Waals surface area contributed by atoms with Crippen molar-refractivity contribution >= 4 is 41.3 Å². The molecule has 0 radical (unpaired) electrons. The van der Waals surface area contributed by atoms with Gasteiger partial charge in [0.25, 0.3) is 0 Å². The van der Waals surface area contributed by atoms with E-state index in [9.17, 15) is 0 Å². The van der Waals surface area contributed by atoms with E-state index in [2.05, 4.69) is 65.8 Å². The molecule has 1 fully saturated rings. The Bertz CT molecular complexity index is 500. The molecule has 0 aromatic carbocycles. The molecule has 1 aromatic rings. The standard InChI is InChI=1S/C19H35N5S.HI/c1-5-20-19(21-14-16(2)13-18-7-6-12-25-18)22-15-17(3)24-10-8-23(4)9-11-24;/h6-7,12,16-17H,5,8-11,13-15H2,1-4H3,(H2,20,21,22);1H. The third kappa shape index (κ3) is 8.54. The molecule has 26 heavy (non-hydrogen) atoms. The van der Waals surface area contributed by atoms with Crippen LogP contribution in [-0.4, -0.2) is 74.7 Å². The number of nitrogens with one attached hydrogen (secondary N) is 2. The fourth-order valence-corrected chi connectivity index (χ4v) is 3.93. The molecule has 150 valence electrons. The molecular weight excluding hydrogens is 457 g/mol. The molecule has 7 heteroatoms. The zero-order chi connectivity index (χ0) is 18.1. The van der Waals surface area contributed by atoms with E-state index in [0.29, 0.717) is 12.0 Å². The molecule has 0 bridgehead atoms. The van der Waals surface area contributed by atoms with Crippen LogP contribution in [0.2, 0.25) is 0 Å². The van der Waals surface area contributed by atoms with Gasteiger partial charge in [-0.15, -0.1) is 35.3 Å². The number of rotatable bonds is 8. The summed E-state index contributed by atoms with van der Waals surface area (Å²) in [5.74, 6) is 1.51. The Morgan fingerprint density at radius 2 is 1.96 bits per heavy atom. The molecule has 0 amide bonds. The van der Waals surface area contributed by atoms with E-state index < -0.39 is 0 Å². The molecule has 0 saturated carbocycles.